The molecule has 0 aromatic rings. The van der Waals surface area contributed by atoms with E-state index in [2.05, 4.69) is 37.4 Å². The second-order valence-corrected chi connectivity index (χ2v) is 6.51. The number of alkyl halides is 1. The summed E-state index contributed by atoms with van der Waals surface area (Å²) in [5, 5.41) is 0. The third-order valence-corrected chi connectivity index (χ3v) is 3.45. The fourth-order valence-electron chi connectivity index (χ4n) is 0.509. The van der Waals surface area contributed by atoms with Crippen LogP contribution in [-0.4, -0.2) is 40.3 Å². The van der Waals surface area contributed by atoms with E-state index in [-0.39, 0.29) is 24.3 Å². The van der Waals surface area contributed by atoms with Gasteiger partial charge in [-0.2, -0.15) is 0 Å². The highest BCUT2D eigenvalue weighted by molar-refractivity contribution is 14.2. The average Bonchev–Trinajstić information content (AvgIpc) is 1.87. The van der Waals surface area contributed by atoms with Crippen molar-refractivity contribution in [2.75, 3.05) is 27.2 Å². The molecule has 0 bridgehead atoms. The molecule has 0 N–H and O–H groups in total. The van der Waals surface area contributed by atoms with E-state index in [1.165, 1.54) is 0 Å². The lowest BCUT2D eigenvalue weighted by molar-refractivity contribution is 0.0556. The average molecular weight is 271 g/mol. The lowest BCUT2D eigenvalue weighted by Gasteiger charge is -2.21. The van der Waals surface area contributed by atoms with Crippen LogP contribution in [-0.2, 0) is 4.74 Å². The summed E-state index contributed by atoms with van der Waals surface area (Å²) in [6.07, 6.45) is 0. The Morgan fingerprint density at radius 1 is 1.45 bits per heavy atom. The molecular weight excluding hydrogens is 253 g/mol. The van der Waals surface area contributed by atoms with Crippen LogP contribution in [0.5, 0.6) is 0 Å². The standard InChI is InChI=1S/C8H18INO/c1-8(2,9-3)11-7-6-10(4)5/h3,6-7H2,1-2,4-5H3. The van der Waals surface area contributed by atoms with E-state index in [9.17, 15) is 0 Å². The molecule has 0 aromatic carbocycles. The minimum Gasteiger partial charge on any atom is -0.364 e. The van der Waals surface area contributed by atoms with Gasteiger partial charge in [-0.15, -0.1) is 0 Å². The zero-order valence-corrected chi connectivity index (χ0v) is 10.0. The van der Waals surface area contributed by atoms with Crippen LogP contribution >= 0.6 is 20.7 Å². The first kappa shape index (κ1) is 11.5. The summed E-state index contributed by atoms with van der Waals surface area (Å²) in [6.45, 7) is 6.04. The fourth-order valence-corrected chi connectivity index (χ4v) is 0.950. The van der Waals surface area contributed by atoms with Crippen LogP contribution < -0.4 is 0 Å². The van der Waals surface area contributed by atoms with Gasteiger partial charge in [0, 0.05) is 6.54 Å². The van der Waals surface area contributed by atoms with Crippen LogP contribution in [0.25, 0.3) is 0 Å². The van der Waals surface area contributed by atoms with E-state index in [0.29, 0.717) is 0 Å². The molecule has 0 aliphatic carbocycles. The molecule has 0 rings (SSSR count). The molecule has 0 spiro atoms. The Hall–Kier alpha value is 0.520. The van der Waals surface area contributed by atoms with Gasteiger partial charge in [0.15, 0.2) is 0 Å². The van der Waals surface area contributed by atoms with E-state index in [0.717, 1.165) is 13.2 Å². The van der Waals surface area contributed by atoms with Crippen molar-refractivity contribution in [1.82, 2.24) is 4.90 Å². The minimum absolute atomic E-state index is 0.0505. The summed E-state index contributed by atoms with van der Waals surface area (Å²) in [4.78, 5) is 2.12. The quantitative estimate of drug-likeness (QED) is 0.557. The van der Waals surface area contributed by atoms with E-state index in [1.807, 2.05) is 0 Å². The van der Waals surface area contributed by atoms with Crippen molar-refractivity contribution in [3.63, 3.8) is 0 Å². The second-order valence-electron chi connectivity index (χ2n) is 3.15. The number of likely N-dealkylation sites (N-methyl/N-ethyl adjacent to an activating group) is 1. The Morgan fingerprint density at radius 3 is 2.36 bits per heavy atom. The monoisotopic (exact) mass is 271 g/mol. The van der Waals surface area contributed by atoms with Gasteiger partial charge in [-0.1, -0.05) is 25.2 Å². The van der Waals surface area contributed by atoms with Crippen LogP contribution in [0.4, 0.5) is 0 Å². The lowest BCUT2D eigenvalue weighted by atomic mass is 10.5. The molecule has 68 valence electrons. The molecule has 3 heteroatoms. The van der Waals surface area contributed by atoms with Crippen LogP contribution in [0.2, 0.25) is 0 Å². The van der Waals surface area contributed by atoms with Gasteiger partial charge in [0.1, 0.15) is 3.61 Å². The third kappa shape index (κ3) is 6.90. The molecule has 11 heavy (non-hydrogen) atoms. The number of ether oxygens (including phenoxy) is 1. The number of hydrogen-bond acceptors (Lipinski definition) is 2. The summed E-state index contributed by atoms with van der Waals surface area (Å²) < 4.78 is 9.61. The largest absolute Gasteiger partial charge is 0.364 e. The number of halogens is 1. The summed E-state index contributed by atoms with van der Waals surface area (Å²) in [7, 11) is 4.10. The maximum Gasteiger partial charge on any atom is 0.108 e. The van der Waals surface area contributed by atoms with Gasteiger partial charge in [-0.05, 0) is 27.9 Å². The number of rotatable bonds is 5. The molecule has 0 unspecified atom stereocenters. The van der Waals surface area contributed by atoms with Gasteiger partial charge < -0.3 is 9.64 Å². The Labute approximate surface area is 79.7 Å². The maximum absolute atomic E-state index is 5.63. The Kier molecular flexibility index (Phi) is 5.46. The van der Waals surface area contributed by atoms with Gasteiger partial charge in [-0.3, -0.25) is 0 Å². The third-order valence-electron chi connectivity index (χ3n) is 1.31. The fraction of sp³-hybridized carbons (Fsp3) is 0.875. The Balaban J connectivity index is 3.45. The first-order valence-electron chi connectivity index (χ1n) is 3.66. The van der Waals surface area contributed by atoms with E-state index >= 15 is 0 Å². The van der Waals surface area contributed by atoms with Crippen molar-refractivity contribution in [3.05, 3.63) is 0 Å². The highest BCUT2D eigenvalue weighted by Gasteiger charge is 2.12. The normalized spacial score (nSPS) is 12.5. The maximum atomic E-state index is 5.63. The molecule has 2 nitrogen and oxygen atoms in total. The first-order valence-corrected chi connectivity index (χ1v) is 6.26. The van der Waals surface area contributed by atoms with Crippen molar-refractivity contribution in [1.29, 1.82) is 0 Å². The van der Waals surface area contributed by atoms with Crippen molar-refractivity contribution in [2.45, 2.75) is 17.5 Å². The van der Waals surface area contributed by atoms with Gasteiger partial charge in [0.05, 0.1) is 6.61 Å². The Morgan fingerprint density at radius 2 is 2.00 bits per heavy atom. The van der Waals surface area contributed by atoms with Crippen molar-refractivity contribution >= 4 is 25.2 Å². The predicted molar refractivity (Wildman–Crippen MR) is 59.7 cm³/mol. The van der Waals surface area contributed by atoms with Crippen LogP contribution in [0, 0.1) is 0 Å². The lowest BCUT2D eigenvalue weighted by Crippen LogP contribution is -2.24. The van der Waals surface area contributed by atoms with Crippen LogP contribution in [0.15, 0.2) is 0 Å². The molecule has 0 amide bonds. The summed E-state index contributed by atoms with van der Waals surface area (Å²) in [6, 6.07) is 0. The van der Waals surface area contributed by atoms with E-state index in [1.54, 1.807) is 0 Å². The molecule has 0 saturated heterocycles. The number of nitrogens with zero attached hydrogens (tertiary/aromatic N) is 1. The van der Waals surface area contributed by atoms with Crippen molar-refractivity contribution < 1.29 is 4.74 Å². The van der Waals surface area contributed by atoms with E-state index < -0.39 is 0 Å². The molecule has 0 aromatic heterocycles. The van der Waals surface area contributed by atoms with Crippen LogP contribution in [0.3, 0.4) is 0 Å². The summed E-state index contributed by atoms with van der Waals surface area (Å²) in [5.41, 5.74) is 0. The second kappa shape index (κ2) is 5.22. The topological polar surface area (TPSA) is 12.5 Å². The summed E-state index contributed by atoms with van der Waals surface area (Å²) in [5.74, 6) is 0. The molecule has 0 fully saturated rings. The number of hydrogen-bond donors (Lipinski definition) is 0. The summed E-state index contributed by atoms with van der Waals surface area (Å²) >= 11 is -0.0621. The van der Waals surface area contributed by atoms with Gasteiger partial charge in [0.25, 0.3) is 0 Å². The molecule has 0 radical (unpaired) electrons. The molecule has 0 saturated carbocycles. The van der Waals surface area contributed by atoms with E-state index in [4.69, 9.17) is 4.74 Å². The molecule has 0 aliphatic heterocycles. The first-order chi connectivity index (χ1) is 4.98. The Bertz CT molecular complexity index is 123. The van der Waals surface area contributed by atoms with Gasteiger partial charge >= 0.3 is 0 Å². The molecule has 0 aliphatic rings. The zero-order valence-electron chi connectivity index (χ0n) is 7.85. The molecule has 0 atom stereocenters. The van der Waals surface area contributed by atoms with Crippen LogP contribution in [0.1, 0.15) is 13.8 Å². The van der Waals surface area contributed by atoms with Crippen molar-refractivity contribution in [2.24, 2.45) is 0 Å². The molecular formula is C8H18INO. The minimum atomic E-state index is -0.0621. The highest BCUT2D eigenvalue weighted by atomic mass is 127. The predicted octanol–water partition coefficient (Wildman–Crippen LogP) is 1.70. The van der Waals surface area contributed by atoms with Crippen molar-refractivity contribution in [3.8, 4) is 0 Å². The van der Waals surface area contributed by atoms with Gasteiger partial charge in [0.2, 0.25) is 0 Å². The molecule has 0 heterocycles. The zero-order chi connectivity index (χ0) is 8.91. The van der Waals surface area contributed by atoms with Gasteiger partial charge in [-0.25, -0.2) is 0 Å². The smallest absolute Gasteiger partial charge is 0.108 e. The highest BCUT2D eigenvalue weighted by Crippen LogP contribution is 2.22. The SMILES string of the molecule is C=IC(C)(C)OCCN(C)C.